The maximum atomic E-state index is 12.4. The van der Waals surface area contributed by atoms with Crippen LogP contribution in [-0.2, 0) is 25.3 Å². The Morgan fingerprint density at radius 1 is 1.40 bits per heavy atom. The average Bonchev–Trinajstić information content (AvgIpc) is 2.84. The van der Waals surface area contributed by atoms with Crippen LogP contribution in [0.3, 0.4) is 0 Å². The van der Waals surface area contributed by atoms with E-state index in [0.717, 1.165) is 4.31 Å². The average molecular weight is 298 g/mol. The van der Waals surface area contributed by atoms with Gasteiger partial charge in [0, 0.05) is 20.1 Å². The molecule has 0 saturated carbocycles. The van der Waals surface area contributed by atoms with E-state index < -0.39 is 22.0 Å². The van der Waals surface area contributed by atoms with Crippen LogP contribution in [0.4, 0.5) is 0 Å². The van der Waals surface area contributed by atoms with Crippen LogP contribution < -0.4 is 5.73 Å². The highest BCUT2D eigenvalue weighted by molar-refractivity contribution is 7.88. The highest BCUT2D eigenvalue weighted by atomic mass is 32.2. The highest BCUT2D eigenvalue weighted by Crippen LogP contribution is 2.25. The lowest BCUT2D eigenvalue weighted by molar-refractivity contribution is -0.121. The van der Waals surface area contributed by atoms with Crippen molar-refractivity contribution >= 4 is 15.9 Å². The summed E-state index contributed by atoms with van der Waals surface area (Å²) in [6, 6.07) is 8.02. The molecule has 110 valence electrons. The van der Waals surface area contributed by atoms with Crippen molar-refractivity contribution < 1.29 is 17.9 Å². The molecule has 0 aliphatic carbocycles. The fraction of sp³-hybridized carbons (Fsp3) is 0.462. The van der Waals surface area contributed by atoms with Gasteiger partial charge in [-0.15, -0.1) is 0 Å². The summed E-state index contributed by atoms with van der Waals surface area (Å²) >= 11 is 0. The van der Waals surface area contributed by atoms with E-state index in [1.54, 1.807) is 24.3 Å². The third kappa shape index (κ3) is 3.17. The molecule has 0 aromatic heterocycles. The summed E-state index contributed by atoms with van der Waals surface area (Å²) in [5.41, 5.74) is 5.97. The van der Waals surface area contributed by atoms with Gasteiger partial charge < -0.3 is 10.5 Å². The van der Waals surface area contributed by atoms with E-state index in [1.807, 2.05) is 6.07 Å². The Labute approximate surface area is 118 Å². The molecule has 1 saturated heterocycles. The number of ether oxygens (including phenoxy) is 1. The minimum atomic E-state index is -3.60. The maximum absolute atomic E-state index is 12.4. The number of rotatable bonds is 5. The Morgan fingerprint density at radius 3 is 2.60 bits per heavy atom. The zero-order chi connectivity index (χ0) is 14.8. The van der Waals surface area contributed by atoms with Gasteiger partial charge in [0.25, 0.3) is 0 Å². The minimum absolute atomic E-state index is 0.145. The van der Waals surface area contributed by atoms with Crippen LogP contribution in [0.2, 0.25) is 0 Å². The minimum Gasteiger partial charge on any atom is -0.380 e. The van der Waals surface area contributed by atoms with Crippen molar-refractivity contribution in [2.75, 3.05) is 13.7 Å². The molecule has 2 N–H and O–H groups in total. The van der Waals surface area contributed by atoms with Crippen LogP contribution >= 0.6 is 0 Å². The molecule has 1 heterocycles. The molecular formula is C13H18N2O4S. The molecule has 1 aromatic carbocycles. The van der Waals surface area contributed by atoms with Gasteiger partial charge in [-0.1, -0.05) is 30.3 Å². The SMILES string of the molecule is CO[C@H]1C[C@@H](C(N)=O)N(S(=O)(=O)Cc2ccccc2)C1. The quantitative estimate of drug-likeness (QED) is 0.834. The summed E-state index contributed by atoms with van der Waals surface area (Å²) in [5.74, 6) is -0.783. The molecule has 1 fully saturated rings. The van der Waals surface area contributed by atoms with Crippen LogP contribution in [0.1, 0.15) is 12.0 Å². The second kappa shape index (κ2) is 5.90. The molecule has 7 heteroatoms. The van der Waals surface area contributed by atoms with Gasteiger partial charge in [-0.25, -0.2) is 8.42 Å². The number of methoxy groups -OCH3 is 1. The Morgan fingerprint density at radius 2 is 2.05 bits per heavy atom. The molecule has 6 nitrogen and oxygen atoms in total. The molecule has 1 amide bonds. The number of amides is 1. The first kappa shape index (κ1) is 15.0. The first-order chi connectivity index (χ1) is 9.44. The number of nitrogens with two attached hydrogens (primary N) is 1. The van der Waals surface area contributed by atoms with Crippen molar-refractivity contribution in [3.8, 4) is 0 Å². The molecule has 1 aliphatic rings. The number of carbonyl (C=O) groups is 1. The lowest BCUT2D eigenvalue weighted by Crippen LogP contribution is -2.44. The van der Waals surface area contributed by atoms with Crippen LogP contribution in [0.25, 0.3) is 0 Å². The fourth-order valence-electron chi connectivity index (χ4n) is 2.37. The van der Waals surface area contributed by atoms with Crippen LogP contribution in [-0.4, -0.2) is 44.4 Å². The van der Waals surface area contributed by atoms with Crippen molar-refractivity contribution in [2.24, 2.45) is 5.73 Å². The van der Waals surface area contributed by atoms with Crippen molar-refractivity contribution in [2.45, 2.75) is 24.3 Å². The normalized spacial score (nSPS) is 23.9. The van der Waals surface area contributed by atoms with Gasteiger partial charge in [0.1, 0.15) is 6.04 Å². The smallest absolute Gasteiger partial charge is 0.235 e. The van der Waals surface area contributed by atoms with E-state index in [4.69, 9.17) is 10.5 Å². The second-order valence-electron chi connectivity index (χ2n) is 4.82. The third-order valence-corrected chi connectivity index (χ3v) is 5.24. The molecule has 1 aromatic rings. The van der Waals surface area contributed by atoms with Gasteiger partial charge in [0.05, 0.1) is 11.9 Å². The van der Waals surface area contributed by atoms with Gasteiger partial charge in [-0.05, 0) is 5.56 Å². The van der Waals surface area contributed by atoms with Gasteiger partial charge in [-0.3, -0.25) is 4.79 Å². The lowest BCUT2D eigenvalue weighted by Gasteiger charge is -2.21. The number of nitrogens with zero attached hydrogens (tertiary/aromatic N) is 1. The fourth-order valence-corrected chi connectivity index (χ4v) is 4.12. The number of benzene rings is 1. The Balaban J connectivity index is 2.21. The Hall–Kier alpha value is -1.44. The molecule has 0 radical (unpaired) electrons. The van der Waals surface area contributed by atoms with Crippen molar-refractivity contribution in [1.82, 2.24) is 4.31 Å². The predicted octanol–water partition coefficient (Wildman–Crippen LogP) is 0.0910. The molecule has 2 rings (SSSR count). The number of primary amides is 1. The van der Waals surface area contributed by atoms with Crippen LogP contribution in [0.15, 0.2) is 30.3 Å². The first-order valence-electron chi connectivity index (χ1n) is 6.29. The Bertz CT molecular complexity index is 573. The number of hydrogen-bond donors (Lipinski definition) is 1. The Kier molecular flexibility index (Phi) is 4.42. The number of carbonyl (C=O) groups excluding carboxylic acids is 1. The molecule has 0 spiro atoms. The second-order valence-corrected chi connectivity index (χ2v) is 6.74. The monoisotopic (exact) mass is 298 g/mol. The summed E-state index contributed by atoms with van der Waals surface area (Å²) in [5, 5.41) is 0. The van der Waals surface area contributed by atoms with Gasteiger partial charge in [0.2, 0.25) is 15.9 Å². The van der Waals surface area contributed by atoms with Crippen LogP contribution in [0.5, 0.6) is 0 Å². The van der Waals surface area contributed by atoms with Crippen molar-refractivity contribution in [3.05, 3.63) is 35.9 Å². The van der Waals surface area contributed by atoms with Crippen LogP contribution in [0, 0.1) is 0 Å². The summed E-state index contributed by atoms with van der Waals surface area (Å²) in [6.45, 7) is 0.166. The van der Waals surface area contributed by atoms with Crippen molar-refractivity contribution in [1.29, 1.82) is 0 Å². The van der Waals surface area contributed by atoms with Gasteiger partial charge >= 0.3 is 0 Å². The number of hydrogen-bond acceptors (Lipinski definition) is 4. The van der Waals surface area contributed by atoms with Gasteiger partial charge in [-0.2, -0.15) is 4.31 Å². The molecule has 20 heavy (non-hydrogen) atoms. The van der Waals surface area contributed by atoms with Gasteiger partial charge in [0.15, 0.2) is 0 Å². The lowest BCUT2D eigenvalue weighted by atomic mass is 10.2. The summed E-state index contributed by atoms with van der Waals surface area (Å²) < 4.78 is 31.2. The van der Waals surface area contributed by atoms with E-state index in [0.29, 0.717) is 12.0 Å². The molecule has 0 bridgehead atoms. The summed E-state index contributed by atoms with van der Waals surface area (Å²) in [7, 11) is -2.10. The highest BCUT2D eigenvalue weighted by Gasteiger charge is 2.42. The van der Waals surface area contributed by atoms with Crippen molar-refractivity contribution in [3.63, 3.8) is 0 Å². The predicted molar refractivity (Wildman–Crippen MR) is 74.2 cm³/mol. The molecule has 0 unspecified atom stereocenters. The summed E-state index contributed by atoms with van der Waals surface area (Å²) in [4.78, 5) is 11.4. The first-order valence-corrected chi connectivity index (χ1v) is 7.90. The molecule has 2 atom stereocenters. The maximum Gasteiger partial charge on any atom is 0.235 e. The third-order valence-electron chi connectivity index (χ3n) is 3.43. The zero-order valence-electron chi connectivity index (χ0n) is 11.2. The van der Waals surface area contributed by atoms with E-state index in [1.165, 1.54) is 7.11 Å². The number of sulfonamides is 1. The zero-order valence-corrected chi connectivity index (χ0v) is 12.0. The largest absolute Gasteiger partial charge is 0.380 e. The molecule has 1 aliphatic heterocycles. The standard InChI is InChI=1S/C13H18N2O4S/c1-19-11-7-12(13(14)16)15(8-11)20(17,18)9-10-5-3-2-4-6-10/h2-6,11-12H,7-9H2,1H3,(H2,14,16)/t11-,12-/m0/s1. The van der Waals surface area contributed by atoms with E-state index in [9.17, 15) is 13.2 Å². The topological polar surface area (TPSA) is 89.7 Å². The summed E-state index contributed by atoms with van der Waals surface area (Å²) in [6.07, 6.45) is 0.0119. The van der Waals surface area contributed by atoms with E-state index in [2.05, 4.69) is 0 Å². The van der Waals surface area contributed by atoms with E-state index in [-0.39, 0.29) is 18.4 Å². The van der Waals surface area contributed by atoms with E-state index >= 15 is 0 Å². The molecular weight excluding hydrogens is 280 g/mol.